The lowest BCUT2D eigenvalue weighted by atomic mass is 9.70. The lowest BCUT2D eigenvalue weighted by Crippen LogP contribution is -2.42. The summed E-state index contributed by atoms with van der Waals surface area (Å²) in [6.07, 6.45) is 2.98. The summed E-state index contributed by atoms with van der Waals surface area (Å²) >= 11 is 0. The zero-order valence-corrected chi connectivity index (χ0v) is 9.42. The van der Waals surface area contributed by atoms with Crippen LogP contribution in [-0.4, -0.2) is 42.7 Å². The Morgan fingerprint density at radius 1 is 1.60 bits per heavy atom. The van der Waals surface area contributed by atoms with Crippen molar-refractivity contribution in [3.8, 4) is 0 Å². The number of carbonyl (C=O) groups excluding carboxylic acids is 1. The molecule has 3 rings (SSSR count). The van der Waals surface area contributed by atoms with Gasteiger partial charge in [-0.2, -0.15) is 0 Å². The highest BCUT2D eigenvalue weighted by Crippen LogP contribution is 2.51. The largest absolute Gasteiger partial charge is 0.358 e. The van der Waals surface area contributed by atoms with Crippen LogP contribution >= 0.6 is 0 Å². The van der Waals surface area contributed by atoms with E-state index in [1.165, 1.54) is 0 Å². The van der Waals surface area contributed by atoms with Crippen LogP contribution in [0.2, 0.25) is 0 Å². The summed E-state index contributed by atoms with van der Waals surface area (Å²) in [7, 11) is 0. The molecule has 1 aliphatic carbocycles. The second kappa shape index (κ2) is 3.44. The fourth-order valence-electron chi connectivity index (χ4n) is 3.01. The number of hydrogen-bond donors (Lipinski definition) is 1. The first-order valence-corrected chi connectivity index (χ1v) is 5.54. The molecule has 3 fully saturated rings. The van der Waals surface area contributed by atoms with Crippen molar-refractivity contribution < 1.29 is 9.18 Å². The van der Waals surface area contributed by atoms with Crippen LogP contribution in [0.15, 0.2) is 0 Å². The Bertz CT molecular complexity index is 256. The van der Waals surface area contributed by atoms with Gasteiger partial charge in [0.15, 0.2) is 0 Å². The number of nitrogens with zero attached hydrogens (tertiary/aromatic N) is 1. The Balaban J connectivity index is 1.86. The van der Waals surface area contributed by atoms with Gasteiger partial charge in [-0.1, -0.05) is 0 Å². The van der Waals surface area contributed by atoms with Crippen LogP contribution in [-0.2, 0) is 4.79 Å². The molecule has 0 radical (unpaired) electrons. The summed E-state index contributed by atoms with van der Waals surface area (Å²) in [5.41, 5.74) is -0.867. The lowest BCUT2D eigenvalue weighted by molar-refractivity contribution is -0.110. The van der Waals surface area contributed by atoms with E-state index in [4.69, 9.17) is 0 Å². The minimum atomic E-state index is -1.11. The molecule has 2 bridgehead atoms. The van der Waals surface area contributed by atoms with Gasteiger partial charge in [-0.25, -0.2) is 4.39 Å². The van der Waals surface area contributed by atoms with Gasteiger partial charge in [0.2, 0.25) is 6.41 Å². The maximum atomic E-state index is 13.5. The van der Waals surface area contributed by atoms with E-state index in [1.807, 2.05) is 0 Å². The molecule has 0 aromatic rings. The maximum absolute atomic E-state index is 13.5. The number of rotatable bonds is 5. The van der Waals surface area contributed by atoms with Gasteiger partial charge in [-0.05, 0) is 26.7 Å². The molecule has 0 atom stereocenters. The van der Waals surface area contributed by atoms with Crippen molar-refractivity contribution >= 4 is 6.41 Å². The monoisotopic (exact) mass is 214 g/mol. The van der Waals surface area contributed by atoms with E-state index in [-0.39, 0.29) is 5.41 Å². The Hall–Kier alpha value is -0.640. The molecule has 86 valence electrons. The summed E-state index contributed by atoms with van der Waals surface area (Å²) in [6, 6.07) is 0.550. The molecule has 1 saturated carbocycles. The summed E-state index contributed by atoms with van der Waals surface area (Å²) in [6.45, 7) is 5.45. The van der Waals surface area contributed by atoms with Gasteiger partial charge in [-0.15, -0.1) is 0 Å². The molecule has 2 heterocycles. The molecular weight excluding hydrogens is 195 g/mol. The Kier molecular flexibility index (Phi) is 2.49. The molecule has 15 heavy (non-hydrogen) atoms. The molecule has 1 amide bonds. The van der Waals surface area contributed by atoms with Crippen molar-refractivity contribution in [2.75, 3.05) is 19.6 Å². The van der Waals surface area contributed by atoms with Crippen molar-refractivity contribution in [1.29, 1.82) is 0 Å². The number of nitrogens with one attached hydrogen (secondary N) is 1. The Morgan fingerprint density at radius 2 is 2.27 bits per heavy atom. The topological polar surface area (TPSA) is 32.3 Å². The number of amides is 1. The number of carbonyl (C=O) groups is 1. The average Bonchev–Trinajstić information content (AvgIpc) is 2.51. The fourth-order valence-corrected chi connectivity index (χ4v) is 3.01. The average molecular weight is 214 g/mol. The highest BCUT2D eigenvalue weighted by atomic mass is 19.1. The quantitative estimate of drug-likeness (QED) is 0.691. The van der Waals surface area contributed by atoms with Crippen LogP contribution in [0, 0.1) is 5.41 Å². The third-order valence-corrected chi connectivity index (χ3v) is 3.53. The van der Waals surface area contributed by atoms with Gasteiger partial charge in [0.25, 0.3) is 0 Å². The zero-order chi connectivity index (χ0) is 11.1. The second-order valence-electron chi connectivity index (χ2n) is 5.68. The summed E-state index contributed by atoms with van der Waals surface area (Å²) < 4.78 is 13.5. The molecule has 1 N–H and O–H groups in total. The van der Waals surface area contributed by atoms with Crippen molar-refractivity contribution in [2.24, 2.45) is 5.41 Å². The van der Waals surface area contributed by atoms with Crippen LogP contribution < -0.4 is 5.32 Å². The van der Waals surface area contributed by atoms with Gasteiger partial charge in [0.1, 0.15) is 5.67 Å². The standard InChI is InChI=1S/C11H19FN2O/c1-10(2,12)6-14-7-11(5-13-8-15)3-9(14)4-11/h8-9H,3-7H2,1-2H3,(H,13,15). The first-order valence-electron chi connectivity index (χ1n) is 5.54. The van der Waals surface area contributed by atoms with Crippen LogP contribution in [0.3, 0.4) is 0 Å². The number of hydrogen-bond acceptors (Lipinski definition) is 2. The number of halogens is 1. The van der Waals surface area contributed by atoms with Crippen LogP contribution in [0.1, 0.15) is 26.7 Å². The molecule has 3 aliphatic rings. The molecule has 0 spiro atoms. The maximum Gasteiger partial charge on any atom is 0.207 e. The SMILES string of the molecule is CC(C)(F)CN1CC2(CNC=O)CC1C2. The predicted octanol–water partition coefficient (Wildman–Crippen LogP) is 0.945. The Labute approximate surface area is 90.0 Å². The molecule has 4 heteroatoms. The third kappa shape index (κ3) is 2.14. The van der Waals surface area contributed by atoms with E-state index in [0.717, 1.165) is 32.3 Å². The van der Waals surface area contributed by atoms with E-state index in [9.17, 15) is 9.18 Å². The summed E-state index contributed by atoms with van der Waals surface area (Å²) in [4.78, 5) is 12.5. The minimum absolute atomic E-state index is 0.247. The first kappa shape index (κ1) is 10.9. The van der Waals surface area contributed by atoms with Gasteiger partial charge in [0.05, 0.1) is 0 Å². The molecule has 3 nitrogen and oxygen atoms in total. The highest BCUT2D eigenvalue weighted by Gasteiger charge is 2.55. The van der Waals surface area contributed by atoms with E-state index in [1.54, 1.807) is 13.8 Å². The minimum Gasteiger partial charge on any atom is -0.358 e. The Morgan fingerprint density at radius 3 is 2.80 bits per heavy atom. The molecule has 2 aliphatic heterocycles. The van der Waals surface area contributed by atoms with Crippen LogP contribution in [0.4, 0.5) is 4.39 Å². The number of alkyl halides is 1. The molecule has 2 saturated heterocycles. The molecule has 0 unspecified atom stereocenters. The van der Waals surface area contributed by atoms with Gasteiger partial charge in [0, 0.05) is 31.1 Å². The zero-order valence-electron chi connectivity index (χ0n) is 9.42. The van der Waals surface area contributed by atoms with Crippen molar-refractivity contribution in [1.82, 2.24) is 10.2 Å². The first-order chi connectivity index (χ1) is 6.94. The predicted molar refractivity (Wildman–Crippen MR) is 56.3 cm³/mol. The van der Waals surface area contributed by atoms with E-state index < -0.39 is 5.67 Å². The van der Waals surface area contributed by atoms with Gasteiger partial charge in [-0.3, -0.25) is 9.69 Å². The molecular formula is C11H19FN2O. The fraction of sp³-hybridized carbons (Fsp3) is 0.909. The highest BCUT2D eigenvalue weighted by molar-refractivity contribution is 5.46. The van der Waals surface area contributed by atoms with E-state index in [0.29, 0.717) is 12.6 Å². The summed E-state index contributed by atoms with van der Waals surface area (Å²) in [5, 5.41) is 2.75. The van der Waals surface area contributed by atoms with Crippen molar-refractivity contribution in [3.05, 3.63) is 0 Å². The van der Waals surface area contributed by atoms with Crippen LogP contribution in [0.25, 0.3) is 0 Å². The van der Waals surface area contributed by atoms with E-state index in [2.05, 4.69) is 10.2 Å². The van der Waals surface area contributed by atoms with Crippen LogP contribution in [0.5, 0.6) is 0 Å². The lowest BCUT2D eigenvalue weighted by Gasteiger charge is -2.37. The van der Waals surface area contributed by atoms with Crippen molar-refractivity contribution in [2.45, 2.75) is 38.4 Å². The third-order valence-electron chi connectivity index (χ3n) is 3.53. The number of fused-ring (bicyclic) bond motifs is 1. The molecule has 0 aromatic carbocycles. The molecule has 0 aromatic heterocycles. The van der Waals surface area contributed by atoms with E-state index >= 15 is 0 Å². The van der Waals surface area contributed by atoms with Gasteiger partial charge >= 0.3 is 0 Å². The van der Waals surface area contributed by atoms with Crippen molar-refractivity contribution in [3.63, 3.8) is 0 Å². The van der Waals surface area contributed by atoms with Gasteiger partial charge < -0.3 is 5.32 Å². The summed E-state index contributed by atoms with van der Waals surface area (Å²) in [5.74, 6) is 0. The normalized spacial score (nSPS) is 35.0. The smallest absolute Gasteiger partial charge is 0.207 e. The second-order valence-corrected chi connectivity index (χ2v) is 5.68.